The number of aryl methyl sites for hydroxylation is 1. The Morgan fingerprint density at radius 3 is 3.18 bits per heavy atom. The smallest absolute Gasteiger partial charge is 0.228 e. The van der Waals surface area contributed by atoms with E-state index >= 15 is 0 Å². The normalized spacial score (nSPS) is 18.1. The average Bonchev–Trinajstić information content (AvgIpc) is 3.04. The number of piperidine rings is 1. The van der Waals surface area contributed by atoms with Crippen molar-refractivity contribution in [2.75, 3.05) is 18.4 Å². The predicted octanol–water partition coefficient (Wildman–Crippen LogP) is 1.30. The predicted molar refractivity (Wildman–Crippen MR) is 83.2 cm³/mol. The summed E-state index contributed by atoms with van der Waals surface area (Å²) in [5.41, 5.74) is 1.67. The molecule has 1 fully saturated rings. The van der Waals surface area contributed by atoms with Gasteiger partial charge in [0.15, 0.2) is 5.82 Å². The van der Waals surface area contributed by atoms with Crippen LogP contribution in [-0.2, 0) is 11.3 Å². The molecule has 1 atom stereocenters. The van der Waals surface area contributed by atoms with Crippen LogP contribution in [0.4, 0.5) is 5.69 Å². The van der Waals surface area contributed by atoms with E-state index in [0.29, 0.717) is 12.4 Å². The fourth-order valence-electron chi connectivity index (χ4n) is 2.68. The van der Waals surface area contributed by atoms with Gasteiger partial charge in [-0.1, -0.05) is 12.1 Å². The molecular weight excluding hydrogens is 280 g/mol. The van der Waals surface area contributed by atoms with Gasteiger partial charge in [0, 0.05) is 24.3 Å². The van der Waals surface area contributed by atoms with Crippen LogP contribution in [0.25, 0.3) is 11.4 Å². The highest BCUT2D eigenvalue weighted by atomic mass is 16.1. The van der Waals surface area contributed by atoms with Crippen molar-refractivity contribution in [3.8, 4) is 11.4 Å². The Morgan fingerprint density at radius 1 is 1.50 bits per heavy atom. The number of hydrogen-bond donors (Lipinski definition) is 2. The molecule has 7 nitrogen and oxygen atoms in total. The first-order chi connectivity index (χ1) is 10.8. The first-order valence-electron chi connectivity index (χ1n) is 7.66. The quantitative estimate of drug-likeness (QED) is 0.889. The summed E-state index contributed by atoms with van der Waals surface area (Å²) in [4.78, 5) is 12.3. The Balaban J connectivity index is 1.75. The lowest BCUT2D eigenvalue weighted by atomic mass is 9.99. The molecule has 7 heteroatoms. The third-order valence-corrected chi connectivity index (χ3v) is 3.89. The molecule has 1 unspecified atom stereocenters. The van der Waals surface area contributed by atoms with Crippen molar-refractivity contribution in [2.24, 2.45) is 5.92 Å². The van der Waals surface area contributed by atoms with Gasteiger partial charge in [-0.05, 0) is 48.9 Å². The molecule has 1 aromatic heterocycles. The highest BCUT2D eigenvalue weighted by Crippen LogP contribution is 2.21. The molecule has 1 amide bonds. The van der Waals surface area contributed by atoms with Crippen LogP contribution in [0.5, 0.6) is 0 Å². The maximum atomic E-state index is 12.3. The van der Waals surface area contributed by atoms with Gasteiger partial charge in [0.1, 0.15) is 0 Å². The molecule has 2 heterocycles. The Bertz CT molecular complexity index is 647. The fraction of sp³-hybridized carbons (Fsp3) is 0.467. The second-order valence-corrected chi connectivity index (χ2v) is 5.43. The zero-order valence-corrected chi connectivity index (χ0v) is 12.6. The molecule has 0 saturated carbocycles. The fourth-order valence-corrected chi connectivity index (χ4v) is 2.68. The summed E-state index contributed by atoms with van der Waals surface area (Å²) in [6.07, 6.45) is 1.98. The van der Waals surface area contributed by atoms with Crippen LogP contribution >= 0.6 is 0 Å². The van der Waals surface area contributed by atoms with E-state index in [0.717, 1.165) is 37.2 Å². The van der Waals surface area contributed by atoms with Gasteiger partial charge in [-0.2, -0.15) is 0 Å². The standard InChI is InChI=1S/C15H20N6O/c1-2-21-14(18-19-20-21)11-5-3-7-13(9-11)17-15(22)12-6-4-8-16-10-12/h3,5,7,9,12,16H,2,4,6,8,10H2,1H3,(H,17,22). The van der Waals surface area contributed by atoms with E-state index in [1.807, 2.05) is 31.2 Å². The third kappa shape index (κ3) is 3.14. The van der Waals surface area contributed by atoms with Crippen LogP contribution in [0.3, 0.4) is 0 Å². The van der Waals surface area contributed by atoms with Crippen LogP contribution in [-0.4, -0.2) is 39.2 Å². The maximum Gasteiger partial charge on any atom is 0.228 e. The minimum absolute atomic E-state index is 0.0402. The molecule has 1 aliphatic heterocycles. The first-order valence-corrected chi connectivity index (χ1v) is 7.66. The summed E-state index contributed by atoms with van der Waals surface area (Å²) in [6.45, 7) is 4.44. The van der Waals surface area contributed by atoms with Crippen molar-refractivity contribution < 1.29 is 4.79 Å². The van der Waals surface area contributed by atoms with Crippen molar-refractivity contribution in [1.82, 2.24) is 25.5 Å². The van der Waals surface area contributed by atoms with Crippen LogP contribution in [0, 0.1) is 5.92 Å². The van der Waals surface area contributed by atoms with Crippen LogP contribution in [0.15, 0.2) is 24.3 Å². The van der Waals surface area contributed by atoms with Crippen molar-refractivity contribution in [1.29, 1.82) is 0 Å². The largest absolute Gasteiger partial charge is 0.326 e. The second kappa shape index (κ2) is 6.65. The summed E-state index contributed by atoms with van der Waals surface area (Å²) in [5, 5.41) is 17.9. The summed E-state index contributed by atoms with van der Waals surface area (Å²) >= 11 is 0. The summed E-state index contributed by atoms with van der Waals surface area (Å²) < 4.78 is 1.73. The summed E-state index contributed by atoms with van der Waals surface area (Å²) in [6, 6.07) is 7.64. The lowest BCUT2D eigenvalue weighted by Gasteiger charge is -2.22. The Morgan fingerprint density at radius 2 is 2.41 bits per heavy atom. The second-order valence-electron chi connectivity index (χ2n) is 5.43. The molecule has 2 N–H and O–H groups in total. The van der Waals surface area contributed by atoms with Crippen LogP contribution in [0.1, 0.15) is 19.8 Å². The van der Waals surface area contributed by atoms with Gasteiger partial charge in [0.2, 0.25) is 5.91 Å². The minimum atomic E-state index is 0.0402. The monoisotopic (exact) mass is 300 g/mol. The van der Waals surface area contributed by atoms with Gasteiger partial charge in [0.05, 0.1) is 5.92 Å². The van der Waals surface area contributed by atoms with Crippen LogP contribution in [0.2, 0.25) is 0 Å². The maximum absolute atomic E-state index is 12.3. The highest BCUT2D eigenvalue weighted by Gasteiger charge is 2.21. The number of carbonyl (C=O) groups excluding carboxylic acids is 1. The Hall–Kier alpha value is -2.28. The van der Waals surface area contributed by atoms with E-state index in [4.69, 9.17) is 0 Å². The third-order valence-electron chi connectivity index (χ3n) is 3.89. The molecule has 1 aliphatic rings. The van der Waals surface area contributed by atoms with E-state index in [-0.39, 0.29) is 11.8 Å². The first kappa shape index (κ1) is 14.6. The van der Waals surface area contributed by atoms with Gasteiger partial charge >= 0.3 is 0 Å². The molecule has 0 radical (unpaired) electrons. The molecule has 1 saturated heterocycles. The zero-order chi connectivity index (χ0) is 15.4. The summed E-state index contributed by atoms with van der Waals surface area (Å²) in [7, 11) is 0. The molecule has 2 aromatic rings. The number of carbonyl (C=O) groups is 1. The Kier molecular flexibility index (Phi) is 4.43. The average molecular weight is 300 g/mol. The Labute approximate surface area is 129 Å². The molecule has 1 aromatic carbocycles. The number of tetrazole rings is 1. The molecule has 0 bridgehead atoms. The topological polar surface area (TPSA) is 84.7 Å². The van der Waals surface area contributed by atoms with Gasteiger partial charge in [0.25, 0.3) is 0 Å². The van der Waals surface area contributed by atoms with Gasteiger partial charge in [-0.15, -0.1) is 5.10 Å². The van der Waals surface area contributed by atoms with Gasteiger partial charge < -0.3 is 10.6 Å². The highest BCUT2D eigenvalue weighted by molar-refractivity contribution is 5.93. The van der Waals surface area contributed by atoms with E-state index < -0.39 is 0 Å². The van der Waals surface area contributed by atoms with Gasteiger partial charge in [-0.3, -0.25) is 4.79 Å². The lowest BCUT2D eigenvalue weighted by Crippen LogP contribution is -2.37. The molecule has 0 aliphatic carbocycles. The van der Waals surface area contributed by atoms with Crippen LogP contribution < -0.4 is 10.6 Å². The number of amides is 1. The number of aromatic nitrogens is 4. The van der Waals surface area contributed by atoms with E-state index in [9.17, 15) is 4.79 Å². The summed E-state index contributed by atoms with van der Waals surface area (Å²) in [5.74, 6) is 0.815. The van der Waals surface area contributed by atoms with E-state index in [1.54, 1.807) is 4.68 Å². The molecular formula is C15H20N6O. The van der Waals surface area contributed by atoms with Crippen molar-refractivity contribution >= 4 is 11.6 Å². The number of nitrogens with one attached hydrogen (secondary N) is 2. The van der Waals surface area contributed by atoms with E-state index in [2.05, 4.69) is 26.2 Å². The number of anilines is 1. The van der Waals surface area contributed by atoms with Crippen molar-refractivity contribution in [2.45, 2.75) is 26.3 Å². The van der Waals surface area contributed by atoms with Crippen molar-refractivity contribution in [3.05, 3.63) is 24.3 Å². The van der Waals surface area contributed by atoms with Crippen molar-refractivity contribution in [3.63, 3.8) is 0 Å². The molecule has 116 valence electrons. The number of benzene rings is 1. The number of rotatable bonds is 4. The SMILES string of the molecule is CCn1nnnc1-c1cccc(NC(=O)C2CCCNC2)c1. The zero-order valence-electron chi connectivity index (χ0n) is 12.6. The van der Waals surface area contributed by atoms with Gasteiger partial charge in [-0.25, -0.2) is 4.68 Å². The lowest BCUT2D eigenvalue weighted by molar-refractivity contribution is -0.120. The minimum Gasteiger partial charge on any atom is -0.326 e. The van der Waals surface area contributed by atoms with E-state index in [1.165, 1.54) is 0 Å². The number of nitrogens with zero attached hydrogens (tertiary/aromatic N) is 4. The molecule has 22 heavy (non-hydrogen) atoms. The molecule has 0 spiro atoms. The molecule has 3 rings (SSSR count). The number of hydrogen-bond acceptors (Lipinski definition) is 5.